The number of primary amides is 1. The van der Waals surface area contributed by atoms with Gasteiger partial charge in [-0.2, -0.15) is 0 Å². The van der Waals surface area contributed by atoms with E-state index >= 15 is 0 Å². The number of rotatable bonds is 1. The van der Waals surface area contributed by atoms with Gasteiger partial charge in [-0.15, -0.1) is 0 Å². The number of amides is 1. The normalized spacial score (nSPS) is 37.9. The topological polar surface area (TPSA) is 43.1 Å². The van der Waals surface area contributed by atoms with Crippen molar-refractivity contribution in [1.29, 1.82) is 0 Å². The Labute approximate surface area is 42.7 Å². The molecule has 0 saturated heterocycles. The Bertz CT molecular complexity index is 100. The molecule has 0 aromatic heterocycles. The minimum atomic E-state index is -0.132. The van der Waals surface area contributed by atoms with Gasteiger partial charge in [0.1, 0.15) is 0 Å². The fourth-order valence-corrected chi connectivity index (χ4v) is 0.719. The van der Waals surface area contributed by atoms with Gasteiger partial charge in [-0.05, 0) is 12.3 Å². The average Bonchev–Trinajstić information content (AvgIpc) is 2.17. The molecule has 1 aliphatic carbocycles. The highest BCUT2D eigenvalue weighted by Crippen LogP contribution is 2.36. The molecule has 1 fully saturated rings. The molecule has 7 heavy (non-hydrogen) atoms. The van der Waals surface area contributed by atoms with E-state index in [1.54, 1.807) is 0 Å². The van der Waals surface area contributed by atoms with E-state index in [4.69, 9.17) is 5.73 Å². The summed E-state index contributed by atoms with van der Waals surface area (Å²) in [6.07, 6.45) is 1.01. The molecule has 0 heterocycles. The Morgan fingerprint density at radius 3 is 2.29 bits per heavy atom. The predicted octanol–water partition coefficient (Wildman–Crippen LogP) is 0.128. The SMILES string of the molecule is C[C@H]1C[C@H]1C(N)=O. The van der Waals surface area contributed by atoms with E-state index < -0.39 is 0 Å². The zero-order valence-corrected chi connectivity index (χ0v) is 4.35. The quantitative estimate of drug-likeness (QED) is 0.498. The first kappa shape index (κ1) is 4.62. The Morgan fingerprint density at radius 1 is 1.86 bits per heavy atom. The molecule has 0 aromatic rings. The van der Waals surface area contributed by atoms with Crippen LogP contribution in [0, 0.1) is 11.8 Å². The molecule has 1 amide bonds. The van der Waals surface area contributed by atoms with Gasteiger partial charge < -0.3 is 5.73 Å². The smallest absolute Gasteiger partial charge is 0.220 e. The largest absolute Gasteiger partial charge is 0.369 e. The Balaban J connectivity index is 2.33. The van der Waals surface area contributed by atoms with Crippen LogP contribution in [0.25, 0.3) is 0 Å². The molecule has 1 saturated carbocycles. The molecule has 2 heteroatoms. The highest BCUT2D eigenvalue weighted by atomic mass is 16.1. The van der Waals surface area contributed by atoms with Gasteiger partial charge in [0.25, 0.3) is 0 Å². The lowest BCUT2D eigenvalue weighted by Gasteiger charge is -1.81. The zero-order chi connectivity index (χ0) is 5.44. The van der Waals surface area contributed by atoms with Gasteiger partial charge >= 0.3 is 0 Å². The lowest BCUT2D eigenvalue weighted by Crippen LogP contribution is -2.13. The van der Waals surface area contributed by atoms with Gasteiger partial charge in [0, 0.05) is 5.92 Å². The molecule has 0 radical (unpaired) electrons. The third-order valence-electron chi connectivity index (χ3n) is 1.47. The van der Waals surface area contributed by atoms with Crippen molar-refractivity contribution in [2.45, 2.75) is 13.3 Å². The predicted molar refractivity (Wildman–Crippen MR) is 26.5 cm³/mol. The van der Waals surface area contributed by atoms with E-state index in [-0.39, 0.29) is 11.8 Å². The molecular formula is C5H9NO. The van der Waals surface area contributed by atoms with Crippen LogP contribution in [0.4, 0.5) is 0 Å². The summed E-state index contributed by atoms with van der Waals surface area (Å²) in [6.45, 7) is 2.04. The average molecular weight is 99.1 g/mol. The van der Waals surface area contributed by atoms with Crippen molar-refractivity contribution in [3.05, 3.63) is 0 Å². The van der Waals surface area contributed by atoms with Crippen LogP contribution < -0.4 is 5.73 Å². The van der Waals surface area contributed by atoms with Gasteiger partial charge in [0.05, 0.1) is 0 Å². The maximum Gasteiger partial charge on any atom is 0.220 e. The van der Waals surface area contributed by atoms with Crippen molar-refractivity contribution in [3.8, 4) is 0 Å². The second-order valence-electron chi connectivity index (χ2n) is 2.22. The molecule has 0 unspecified atom stereocenters. The fourth-order valence-electron chi connectivity index (χ4n) is 0.719. The van der Waals surface area contributed by atoms with Gasteiger partial charge in [-0.1, -0.05) is 6.92 Å². The Hall–Kier alpha value is -0.530. The number of carbonyl (C=O) groups excluding carboxylic acids is 1. The van der Waals surface area contributed by atoms with Crippen LogP contribution >= 0.6 is 0 Å². The first-order chi connectivity index (χ1) is 3.22. The van der Waals surface area contributed by atoms with E-state index in [1.807, 2.05) is 6.92 Å². The standard InChI is InChI=1S/C5H9NO/c1-3-2-4(3)5(6)7/h3-4H,2H2,1H3,(H2,6,7)/t3-,4+/m0/s1. The summed E-state index contributed by atoms with van der Waals surface area (Å²) < 4.78 is 0. The van der Waals surface area contributed by atoms with Crippen molar-refractivity contribution in [2.75, 3.05) is 0 Å². The molecule has 0 spiro atoms. The first-order valence-corrected chi connectivity index (χ1v) is 2.51. The van der Waals surface area contributed by atoms with Crippen molar-refractivity contribution < 1.29 is 4.79 Å². The van der Waals surface area contributed by atoms with Crippen LogP contribution in [0.15, 0.2) is 0 Å². The lowest BCUT2D eigenvalue weighted by molar-refractivity contribution is -0.119. The van der Waals surface area contributed by atoms with E-state index in [0.29, 0.717) is 5.92 Å². The molecule has 2 atom stereocenters. The molecule has 2 nitrogen and oxygen atoms in total. The second-order valence-corrected chi connectivity index (χ2v) is 2.22. The van der Waals surface area contributed by atoms with Crippen molar-refractivity contribution in [2.24, 2.45) is 17.6 Å². The fraction of sp³-hybridized carbons (Fsp3) is 0.800. The Morgan fingerprint density at radius 2 is 2.29 bits per heavy atom. The van der Waals surface area contributed by atoms with E-state index in [0.717, 1.165) is 6.42 Å². The first-order valence-electron chi connectivity index (χ1n) is 2.51. The third kappa shape index (κ3) is 0.734. The highest BCUT2D eigenvalue weighted by molar-refractivity contribution is 5.79. The van der Waals surface area contributed by atoms with E-state index in [1.165, 1.54) is 0 Å². The molecule has 2 N–H and O–H groups in total. The maximum atomic E-state index is 10.2. The second kappa shape index (κ2) is 1.22. The molecule has 40 valence electrons. The summed E-state index contributed by atoms with van der Waals surface area (Å²) in [7, 11) is 0. The van der Waals surface area contributed by atoms with Crippen LogP contribution in [-0.2, 0) is 4.79 Å². The van der Waals surface area contributed by atoms with Gasteiger partial charge in [-0.25, -0.2) is 0 Å². The summed E-state index contributed by atoms with van der Waals surface area (Å²) >= 11 is 0. The van der Waals surface area contributed by atoms with E-state index in [9.17, 15) is 4.79 Å². The number of nitrogens with two attached hydrogens (primary N) is 1. The number of hydrogen-bond acceptors (Lipinski definition) is 1. The van der Waals surface area contributed by atoms with Crippen molar-refractivity contribution >= 4 is 5.91 Å². The number of hydrogen-bond donors (Lipinski definition) is 1. The van der Waals surface area contributed by atoms with Crippen LogP contribution in [0.5, 0.6) is 0 Å². The van der Waals surface area contributed by atoms with E-state index in [2.05, 4.69) is 0 Å². The lowest BCUT2D eigenvalue weighted by atomic mass is 10.3. The summed E-state index contributed by atoms with van der Waals surface area (Å²) in [5.74, 6) is 0.644. The minimum absolute atomic E-state index is 0.132. The van der Waals surface area contributed by atoms with Crippen LogP contribution in [0.3, 0.4) is 0 Å². The van der Waals surface area contributed by atoms with Crippen LogP contribution in [0.2, 0.25) is 0 Å². The molecule has 1 aliphatic rings. The number of carbonyl (C=O) groups is 1. The molecular weight excluding hydrogens is 90.1 g/mol. The molecule has 0 aliphatic heterocycles. The molecule has 0 bridgehead atoms. The summed E-state index contributed by atoms with van der Waals surface area (Å²) in [4.78, 5) is 10.2. The summed E-state index contributed by atoms with van der Waals surface area (Å²) in [6, 6.07) is 0. The molecule has 1 rings (SSSR count). The highest BCUT2D eigenvalue weighted by Gasteiger charge is 2.37. The van der Waals surface area contributed by atoms with Crippen LogP contribution in [-0.4, -0.2) is 5.91 Å². The van der Waals surface area contributed by atoms with Crippen LogP contribution in [0.1, 0.15) is 13.3 Å². The molecule has 0 aromatic carbocycles. The Kier molecular flexibility index (Phi) is 0.805. The minimum Gasteiger partial charge on any atom is -0.369 e. The van der Waals surface area contributed by atoms with Crippen molar-refractivity contribution in [3.63, 3.8) is 0 Å². The van der Waals surface area contributed by atoms with Crippen molar-refractivity contribution in [1.82, 2.24) is 0 Å². The monoisotopic (exact) mass is 99.1 g/mol. The maximum absolute atomic E-state index is 10.2. The zero-order valence-electron chi connectivity index (χ0n) is 4.35. The van der Waals surface area contributed by atoms with Gasteiger partial charge in [0.2, 0.25) is 5.91 Å². The van der Waals surface area contributed by atoms with Gasteiger partial charge in [0.15, 0.2) is 0 Å². The summed E-state index contributed by atoms with van der Waals surface area (Å²) in [5.41, 5.74) is 4.95. The summed E-state index contributed by atoms with van der Waals surface area (Å²) in [5, 5.41) is 0. The van der Waals surface area contributed by atoms with Gasteiger partial charge in [-0.3, -0.25) is 4.79 Å². The third-order valence-corrected chi connectivity index (χ3v) is 1.47.